The molecule has 1 aliphatic carbocycles. The number of esters is 1. The van der Waals surface area contributed by atoms with Crippen molar-refractivity contribution in [1.29, 1.82) is 0 Å². The van der Waals surface area contributed by atoms with Crippen LogP contribution in [0.5, 0.6) is 5.75 Å². The van der Waals surface area contributed by atoms with E-state index in [9.17, 15) is 13.2 Å². The Morgan fingerprint density at radius 1 is 1.14 bits per heavy atom. The van der Waals surface area contributed by atoms with E-state index in [1.165, 1.54) is 19.2 Å². The van der Waals surface area contributed by atoms with E-state index < -0.39 is 9.05 Å². The third-order valence-electron chi connectivity index (χ3n) is 5.35. The largest absolute Gasteiger partial charge is 0.493 e. The number of hydrogen-bond acceptors (Lipinski definition) is 7. The van der Waals surface area contributed by atoms with E-state index in [-0.39, 0.29) is 29.1 Å². The Bertz CT molecular complexity index is 761. The Morgan fingerprint density at radius 2 is 1.82 bits per heavy atom. The van der Waals surface area contributed by atoms with E-state index in [4.69, 9.17) is 24.9 Å². The number of halogens is 1. The highest BCUT2D eigenvalue weighted by molar-refractivity contribution is 8.13. The van der Waals surface area contributed by atoms with Gasteiger partial charge in [-0.15, -0.1) is 0 Å². The average Bonchev–Trinajstić information content (AvgIpc) is 3.15. The quantitative estimate of drug-likeness (QED) is 0.523. The molecule has 1 saturated heterocycles. The smallest absolute Gasteiger partial charge is 0.322 e. The molecule has 0 unspecified atom stereocenters. The second-order valence-electron chi connectivity index (χ2n) is 7.34. The number of hydrogen-bond donors (Lipinski definition) is 1. The standard InChI is InChI=1S/C19H26ClNO6S/c1-25-19(22)18-10-16(11-21-18)27-15-4-2-13(3-5-15)12-26-14-6-8-17(9-7-14)28(20,23)24/h6-9,13,15-16,18,21H,2-5,10-12H2,1H3/t13?,15?,16-,18+/m1/s1. The lowest BCUT2D eigenvalue weighted by Crippen LogP contribution is -2.31. The SMILES string of the molecule is COC(=O)[C@@H]1C[C@@H](OC2CCC(COc3ccc(S(=O)(=O)Cl)cc3)CC2)CN1. The van der Waals surface area contributed by atoms with Crippen LogP contribution in [0.2, 0.25) is 0 Å². The predicted molar refractivity (Wildman–Crippen MR) is 104 cm³/mol. The average molecular weight is 432 g/mol. The molecule has 1 saturated carbocycles. The van der Waals surface area contributed by atoms with E-state index in [2.05, 4.69) is 5.32 Å². The first-order valence-corrected chi connectivity index (χ1v) is 11.8. The highest BCUT2D eigenvalue weighted by atomic mass is 35.7. The molecule has 1 N–H and O–H groups in total. The number of carbonyl (C=O) groups excluding carboxylic acids is 1. The Hall–Kier alpha value is -1.35. The maximum absolute atomic E-state index is 11.6. The van der Waals surface area contributed by atoms with E-state index in [1.807, 2.05) is 0 Å². The van der Waals surface area contributed by atoms with Crippen molar-refractivity contribution in [3.8, 4) is 5.75 Å². The van der Waals surface area contributed by atoms with Gasteiger partial charge >= 0.3 is 5.97 Å². The maximum Gasteiger partial charge on any atom is 0.322 e. The van der Waals surface area contributed by atoms with Crippen LogP contribution < -0.4 is 10.1 Å². The molecule has 1 aromatic rings. The first-order valence-electron chi connectivity index (χ1n) is 9.49. The summed E-state index contributed by atoms with van der Waals surface area (Å²) < 4.78 is 39.2. The van der Waals surface area contributed by atoms with Crippen LogP contribution >= 0.6 is 10.7 Å². The fraction of sp³-hybridized carbons (Fsp3) is 0.632. The molecule has 1 aromatic carbocycles. The Balaban J connectivity index is 1.37. The third-order valence-corrected chi connectivity index (χ3v) is 6.72. The molecule has 2 atom stereocenters. The van der Waals surface area contributed by atoms with Crippen LogP contribution in [0.1, 0.15) is 32.1 Å². The van der Waals surface area contributed by atoms with Gasteiger partial charge in [-0.2, -0.15) is 0 Å². The lowest BCUT2D eigenvalue weighted by molar-refractivity contribution is -0.143. The van der Waals surface area contributed by atoms with Gasteiger partial charge in [-0.25, -0.2) is 8.42 Å². The molecule has 0 amide bonds. The van der Waals surface area contributed by atoms with Crippen molar-refractivity contribution in [2.24, 2.45) is 5.92 Å². The summed E-state index contributed by atoms with van der Waals surface area (Å²) in [6.07, 6.45) is 4.89. The minimum absolute atomic E-state index is 0.0543. The third kappa shape index (κ3) is 5.83. The molecular weight excluding hydrogens is 406 g/mol. The summed E-state index contributed by atoms with van der Waals surface area (Å²) in [5.41, 5.74) is 0. The van der Waals surface area contributed by atoms with Crippen LogP contribution in [0.4, 0.5) is 0 Å². The fourth-order valence-corrected chi connectivity index (χ4v) is 4.52. The Morgan fingerprint density at radius 3 is 2.43 bits per heavy atom. The molecule has 2 fully saturated rings. The minimum Gasteiger partial charge on any atom is -0.493 e. The van der Waals surface area contributed by atoms with Crippen LogP contribution in [0.3, 0.4) is 0 Å². The zero-order valence-electron chi connectivity index (χ0n) is 15.8. The van der Waals surface area contributed by atoms with Crippen LogP contribution in [0, 0.1) is 5.92 Å². The normalized spacial score (nSPS) is 28.1. The second-order valence-corrected chi connectivity index (χ2v) is 9.91. The minimum atomic E-state index is -3.71. The molecule has 7 nitrogen and oxygen atoms in total. The molecule has 0 aromatic heterocycles. The molecule has 2 aliphatic rings. The van der Waals surface area contributed by atoms with Crippen molar-refractivity contribution >= 4 is 25.7 Å². The first-order chi connectivity index (χ1) is 13.3. The molecule has 0 bridgehead atoms. The molecule has 1 aliphatic heterocycles. The molecule has 0 radical (unpaired) electrons. The summed E-state index contributed by atoms with van der Waals surface area (Å²) >= 11 is 0. The van der Waals surface area contributed by atoms with Crippen molar-refractivity contribution in [2.45, 2.75) is 55.2 Å². The van der Waals surface area contributed by atoms with Gasteiger partial charge in [0.1, 0.15) is 11.8 Å². The summed E-state index contributed by atoms with van der Waals surface area (Å²) in [6.45, 7) is 1.27. The van der Waals surface area contributed by atoms with Gasteiger partial charge in [-0.3, -0.25) is 4.79 Å². The highest BCUT2D eigenvalue weighted by Crippen LogP contribution is 2.29. The molecule has 156 valence electrons. The number of benzene rings is 1. The monoisotopic (exact) mass is 431 g/mol. The van der Waals surface area contributed by atoms with Crippen LogP contribution in [0.15, 0.2) is 29.2 Å². The molecule has 9 heteroatoms. The lowest BCUT2D eigenvalue weighted by Gasteiger charge is -2.30. The van der Waals surface area contributed by atoms with E-state index in [0.717, 1.165) is 25.7 Å². The molecular formula is C19H26ClNO6S. The molecule has 0 spiro atoms. The van der Waals surface area contributed by atoms with Crippen molar-refractivity contribution in [2.75, 3.05) is 20.3 Å². The van der Waals surface area contributed by atoms with Crippen LogP contribution in [0.25, 0.3) is 0 Å². The lowest BCUT2D eigenvalue weighted by atomic mass is 9.88. The summed E-state index contributed by atoms with van der Waals surface area (Å²) in [7, 11) is 3.00. The Labute approximate surface area is 170 Å². The van der Waals surface area contributed by atoms with E-state index >= 15 is 0 Å². The fourth-order valence-electron chi connectivity index (χ4n) is 3.75. The first kappa shape index (κ1) is 21.4. The van der Waals surface area contributed by atoms with Crippen LogP contribution in [-0.4, -0.2) is 52.9 Å². The molecule has 28 heavy (non-hydrogen) atoms. The number of rotatable bonds is 7. The van der Waals surface area contributed by atoms with Crippen molar-refractivity contribution in [3.63, 3.8) is 0 Å². The van der Waals surface area contributed by atoms with Gasteiger partial charge in [0.2, 0.25) is 0 Å². The number of ether oxygens (including phenoxy) is 3. The highest BCUT2D eigenvalue weighted by Gasteiger charge is 2.33. The summed E-state index contributed by atoms with van der Waals surface area (Å²) in [4.78, 5) is 11.6. The van der Waals surface area contributed by atoms with Gasteiger partial charge in [0.15, 0.2) is 0 Å². The van der Waals surface area contributed by atoms with Gasteiger partial charge in [0.05, 0.1) is 30.8 Å². The van der Waals surface area contributed by atoms with Gasteiger partial charge in [0.25, 0.3) is 9.05 Å². The second kappa shape index (κ2) is 9.43. The van der Waals surface area contributed by atoms with E-state index in [1.54, 1.807) is 12.1 Å². The number of methoxy groups -OCH3 is 1. The van der Waals surface area contributed by atoms with Crippen molar-refractivity contribution in [3.05, 3.63) is 24.3 Å². The van der Waals surface area contributed by atoms with Crippen molar-refractivity contribution < 1.29 is 27.4 Å². The van der Waals surface area contributed by atoms with Crippen molar-refractivity contribution in [1.82, 2.24) is 5.32 Å². The van der Waals surface area contributed by atoms with Gasteiger partial charge in [-0.1, -0.05) is 0 Å². The molecule has 3 rings (SSSR count). The van der Waals surface area contributed by atoms with Gasteiger partial charge in [-0.05, 0) is 55.9 Å². The van der Waals surface area contributed by atoms with E-state index in [0.29, 0.717) is 31.2 Å². The summed E-state index contributed by atoms with van der Waals surface area (Å²) in [5, 5.41) is 3.14. The summed E-state index contributed by atoms with van der Waals surface area (Å²) in [5.74, 6) is 0.845. The maximum atomic E-state index is 11.6. The molecule has 1 heterocycles. The summed E-state index contributed by atoms with van der Waals surface area (Å²) in [6, 6.07) is 5.86. The zero-order chi connectivity index (χ0) is 20.1. The number of carbonyl (C=O) groups is 1. The van der Waals surface area contributed by atoms with Gasteiger partial charge < -0.3 is 19.5 Å². The topological polar surface area (TPSA) is 90.9 Å². The number of nitrogens with one attached hydrogen (secondary N) is 1. The van der Waals surface area contributed by atoms with Crippen LogP contribution in [-0.2, 0) is 23.3 Å². The Kier molecular flexibility index (Phi) is 7.20. The predicted octanol–water partition coefficient (Wildman–Crippen LogP) is 2.47. The zero-order valence-corrected chi connectivity index (χ0v) is 17.4. The van der Waals surface area contributed by atoms with Gasteiger partial charge in [0, 0.05) is 23.6 Å².